The Hall–Kier alpha value is -3.05. The molecule has 2 amide bonds. The van der Waals surface area contributed by atoms with Gasteiger partial charge in [0.25, 0.3) is 11.8 Å². The van der Waals surface area contributed by atoms with E-state index in [-0.39, 0.29) is 17.9 Å². The van der Waals surface area contributed by atoms with E-state index in [0.717, 1.165) is 40.3 Å². The Labute approximate surface area is 205 Å². The van der Waals surface area contributed by atoms with Crippen molar-refractivity contribution in [3.63, 3.8) is 0 Å². The average molecular weight is 471 g/mol. The summed E-state index contributed by atoms with van der Waals surface area (Å²) in [6, 6.07) is 22.0. The number of carbonyl (C=O) groups is 2. The number of nitrogens with one attached hydrogen (secondary N) is 1. The summed E-state index contributed by atoms with van der Waals surface area (Å²) in [7, 11) is 0. The van der Waals surface area contributed by atoms with E-state index in [4.69, 9.17) is 0 Å². The van der Waals surface area contributed by atoms with Crippen LogP contribution in [-0.4, -0.2) is 17.9 Å². The predicted molar refractivity (Wildman–Crippen MR) is 138 cm³/mol. The van der Waals surface area contributed by atoms with Gasteiger partial charge in [0.1, 0.15) is 0 Å². The SMILES string of the molecule is Cc1ccc(CN2C(=O)c3ccccc3Sc3ccc(C(=O)N[C@H]4CCCC[C@@H]4C)cc32)cc1. The first-order valence-electron chi connectivity index (χ1n) is 12.1. The van der Waals surface area contributed by atoms with Crippen molar-refractivity contribution in [3.05, 3.63) is 89.0 Å². The van der Waals surface area contributed by atoms with Gasteiger partial charge in [-0.1, -0.05) is 73.5 Å². The van der Waals surface area contributed by atoms with Crippen LogP contribution < -0.4 is 10.2 Å². The highest BCUT2D eigenvalue weighted by molar-refractivity contribution is 7.99. The molecular weight excluding hydrogens is 440 g/mol. The van der Waals surface area contributed by atoms with Gasteiger partial charge in [0.15, 0.2) is 0 Å². The van der Waals surface area contributed by atoms with Crippen LogP contribution in [0.25, 0.3) is 0 Å². The minimum atomic E-state index is -0.0592. The van der Waals surface area contributed by atoms with Gasteiger partial charge >= 0.3 is 0 Å². The lowest BCUT2D eigenvalue weighted by Gasteiger charge is -2.29. The summed E-state index contributed by atoms with van der Waals surface area (Å²) in [5.41, 5.74) is 4.32. The number of benzene rings is 3. The van der Waals surface area contributed by atoms with Crippen LogP contribution in [0.4, 0.5) is 5.69 Å². The maximum atomic E-state index is 13.7. The summed E-state index contributed by atoms with van der Waals surface area (Å²) in [4.78, 5) is 30.7. The highest BCUT2D eigenvalue weighted by Crippen LogP contribution is 2.42. The molecule has 1 fully saturated rings. The molecule has 1 saturated carbocycles. The zero-order chi connectivity index (χ0) is 23.7. The zero-order valence-electron chi connectivity index (χ0n) is 19.7. The molecule has 5 heteroatoms. The fraction of sp³-hybridized carbons (Fsp3) is 0.310. The molecule has 34 heavy (non-hydrogen) atoms. The lowest BCUT2D eigenvalue weighted by Crippen LogP contribution is -2.41. The minimum Gasteiger partial charge on any atom is -0.349 e. The van der Waals surface area contributed by atoms with Gasteiger partial charge in [0.05, 0.1) is 17.8 Å². The van der Waals surface area contributed by atoms with E-state index in [1.165, 1.54) is 12.0 Å². The number of amides is 2. The maximum Gasteiger partial charge on any atom is 0.259 e. The van der Waals surface area contributed by atoms with Crippen LogP contribution in [0, 0.1) is 12.8 Å². The van der Waals surface area contributed by atoms with Gasteiger partial charge in [-0.2, -0.15) is 0 Å². The molecule has 1 aliphatic heterocycles. The predicted octanol–water partition coefficient (Wildman–Crippen LogP) is 6.62. The Morgan fingerprint density at radius 2 is 1.76 bits per heavy atom. The lowest BCUT2D eigenvalue weighted by atomic mass is 9.86. The van der Waals surface area contributed by atoms with Crippen LogP contribution in [0.3, 0.4) is 0 Å². The van der Waals surface area contributed by atoms with Gasteiger partial charge in [0.2, 0.25) is 0 Å². The molecule has 0 unspecified atom stereocenters. The number of fused-ring (bicyclic) bond motifs is 2. The smallest absolute Gasteiger partial charge is 0.259 e. The Morgan fingerprint density at radius 1 is 1.00 bits per heavy atom. The van der Waals surface area contributed by atoms with Crippen LogP contribution >= 0.6 is 11.8 Å². The van der Waals surface area contributed by atoms with Crippen LogP contribution in [0.1, 0.15) is 64.4 Å². The monoisotopic (exact) mass is 470 g/mol. The molecule has 0 aromatic heterocycles. The zero-order valence-corrected chi connectivity index (χ0v) is 20.5. The summed E-state index contributed by atoms with van der Waals surface area (Å²) >= 11 is 1.59. The molecule has 0 saturated heterocycles. The van der Waals surface area contributed by atoms with Crippen molar-refractivity contribution in [1.82, 2.24) is 5.32 Å². The molecule has 174 valence electrons. The van der Waals surface area contributed by atoms with Gasteiger partial charge in [-0.25, -0.2) is 0 Å². The van der Waals surface area contributed by atoms with Crippen molar-refractivity contribution in [2.45, 2.75) is 61.9 Å². The van der Waals surface area contributed by atoms with E-state index >= 15 is 0 Å². The summed E-state index contributed by atoms with van der Waals surface area (Å²) in [6.07, 6.45) is 4.58. The van der Waals surface area contributed by atoms with Gasteiger partial charge in [0, 0.05) is 21.4 Å². The Bertz CT molecular complexity index is 1220. The van der Waals surface area contributed by atoms with E-state index in [9.17, 15) is 9.59 Å². The van der Waals surface area contributed by atoms with Crippen molar-refractivity contribution in [1.29, 1.82) is 0 Å². The molecule has 3 aromatic rings. The molecule has 1 aliphatic carbocycles. The van der Waals surface area contributed by atoms with Crippen LogP contribution in [0.5, 0.6) is 0 Å². The fourth-order valence-corrected chi connectivity index (χ4v) is 5.94. The number of aryl methyl sites for hydroxylation is 1. The molecule has 2 atom stereocenters. The lowest BCUT2D eigenvalue weighted by molar-refractivity contribution is 0.0908. The third-order valence-corrected chi connectivity index (χ3v) is 8.12. The van der Waals surface area contributed by atoms with Crippen molar-refractivity contribution < 1.29 is 9.59 Å². The number of anilines is 1. The van der Waals surface area contributed by atoms with E-state index in [2.05, 4.69) is 43.4 Å². The second-order valence-electron chi connectivity index (χ2n) is 9.50. The number of carbonyl (C=O) groups excluding carboxylic acids is 2. The van der Waals surface area contributed by atoms with Crippen LogP contribution in [-0.2, 0) is 6.54 Å². The summed E-state index contributed by atoms with van der Waals surface area (Å²) in [5.74, 6) is 0.389. The van der Waals surface area contributed by atoms with Crippen LogP contribution in [0.2, 0.25) is 0 Å². The van der Waals surface area contributed by atoms with E-state index in [1.807, 2.05) is 47.4 Å². The maximum absolute atomic E-state index is 13.7. The highest BCUT2D eigenvalue weighted by atomic mass is 32.2. The van der Waals surface area contributed by atoms with Crippen molar-refractivity contribution in [3.8, 4) is 0 Å². The standard InChI is InChI=1S/C29H30N2O2S/c1-19-11-13-21(14-12-19)18-31-25-17-22(28(32)30-24-9-5-3-7-20(24)2)15-16-27(25)34-26-10-6-4-8-23(26)29(31)33/h4,6,8,10-17,20,24H,3,5,7,9,18H2,1-2H3,(H,30,32)/t20-,24-/m0/s1. The number of nitrogens with zero attached hydrogens (tertiary/aromatic N) is 1. The summed E-state index contributed by atoms with van der Waals surface area (Å²) < 4.78 is 0. The van der Waals surface area contributed by atoms with Gasteiger partial charge in [-0.3, -0.25) is 9.59 Å². The van der Waals surface area contributed by atoms with Gasteiger partial charge in [-0.15, -0.1) is 0 Å². The first-order chi connectivity index (χ1) is 16.5. The van der Waals surface area contributed by atoms with Gasteiger partial charge < -0.3 is 10.2 Å². The largest absolute Gasteiger partial charge is 0.349 e. The van der Waals surface area contributed by atoms with E-state index in [0.29, 0.717) is 23.6 Å². The van der Waals surface area contributed by atoms with Crippen molar-refractivity contribution >= 4 is 29.3 Å². The number of hydrogen-bond donors (Lipinski definition) is 1. The first-order valence-corrected chi connectivity index (χ1v) is 12.9. The molecular formula is C29H30N2O2S. The molecule has 1 N–H and O–H groups in total. The topological polar surface area (TPSA) is 49.4 Å². The van der Waals surface area contributed by atoms with Gasteiger partial charge in [-0.05, 0) is 61.6 Å². The molecule has 4 nitrogen and oxygen atoms in total. The Kier molecular flexibility index (Phi) is 6.46. The normalized spacial score (nSPS) is 19.7. The second-order valence-corrected chi connectivity index (χ2v) is 10.6. The van der Waals surface area contributed by atoms with E-state index in [1.54, 1.807) is 11.8 Å². The molecule has 0 radical (unpaired) electrons. The Morgan fingerprint density at radius 3 is 2.56 bits per heavy atom. The van der Waals surface area contributed by atoms with Crippen molar-refractivity contribution in [2.75, 3.05) is 4.90 Å². The second kappa shape index (κ2) is 9.67. The third-order valence-electron chi connectivity index (χ3n) is 6.98. The molecule has 0 bridgehead atoms. The Balaban J connectivity index is 1.51. The molecule has 1 heterocycles. The quantitative estimate of drug-likeness (QED) is 0.466. The summed E-state index contributed by atoms with van der Waals surface area (Å²) in [5, 5.41) is 3.26. The fourth-order valence-electron chi connectivity index (χ4n) is 4.88. The highest BCUT2D eigenvalue weighted by Gasteiger charge is 2.29. The number of rotatable bonds is 4. The van der Waals surface area contributed by atoms with E-state index < -0.39 is 0 Å². The van der Waals surface area contributed by atoms with Crippen molar-refractivity contribution in [2.24, 2.45) is 5.92 Å². The molecule has 2 aliphatic rings. The minimum absolute atomic E-state index is 0.0408. The number of hydrogen-bond acceptors (Lipinski definition) is 3. The average Bonchev–Trinajstić information content (AvgIpc) is 2.96. The molecule has 5 rings (SSSR count). The van der Waals surface area contributed by atoms with Crippen LogP contribution in [0.15, 0.2) is 76.5 Å². The summed E-state index contributed by atoms with van der Waals surface area (Å²) in [6.45, 7) is 4.73. The first kappa shape index (κ1) is 22.7. The molecule has 0 spiro atoms. The third kappa shape index (κ3) is 4.62. The molecule has 3 aromatic carbocycles.